The average molecular weight is 1570 g/mol. The molecular formula is C100H148N4O10. The summed E-state index contributed by atoms with van der Waals surface area (Å²) < 4.78 is 16.8. The fraction of sp³-hybridized carbons (Fsp3) is 0.790. The smallest absolute Gasteiger partial charge is 0.333 e. The topological polar surface area (TPSA) is 178 Å². The highest BCUT2D eigenvalue weighted by molar-refractivity contribution is 5.93. The van der Waals surface area contributed by atoms with E-state index in [0.717, 1.165) is 161 Å². The number of esters is 3. The van der Waals surface area contributed by atoms with Crippen molar-refractivity contribution < 1.29 is 47.8 Å². The molecule has 0 aromatic heterocycles. The predicted molar refractivity (Wildman–Crippen MR) is 450 cm³/mol. The van der Waals surface area contributed by atoms with Crippen molar-refractivity contribution in [2.75, 3.05) is 13.6 Å². The molecule has 14 heteroatoms. The van der Waals surface area contributed by atoms with Gasteiger partial charge in [-0.15, -0.1) is 0 Å². The standard InChI is InChI=1S/C16H25NO.C15H22O2.2C14H21NO.2C14H20O2.C13H19NO/c1-4-17(16(18)10(2)3)15-13-6-11-5-12(8-13)9-14(15)7-11;1-9(2)15(16)17-14-8-10-7-13(14)12-6-4-3-5-11(10)12;1-8(2)14(16)15-13-11-4-9-3-10(6-11)7-12(13)5-9;1-3-13(16)15(2)14-11-5-9-4-10(7-11)8-12(14)6-9;1-8(2)14(15)16-13-11-4-9-3-10(6-11)7-12(13)5-9;1-2-14(15)16-13-8-9-7-12(13)11-6-4-3-5-10(9)11;1-2-12(15)14-13-10-4-8-3-9(6-10)7-11(13)5-8/h11-15H,2,4-9H2,1,3H3;10-14H,1,3-8H2,2H3;9-13H,1,3-7H2,2H3,(H,15,16);3,9-12,14H,1,4-8H2,2H3;9-13H,1,3-7H2,2H3;2,9-13H,1,3-8H2;2,8-11,13H,1,3-7H2,(H,14,15). The number of hydrogen-bond donors (Lipinski definition) is 2. The van der Waals surface area contributed by atoms with Crippen molar-refractivity contribution in [3.63, 3.8) is 0 Å². The Morgan fingerprint density at radius 2 is 0.693 bits per heavy atom. The van der Waals surface area contributed by atoms with Crippen molar-refractivity contribution in [3.05, 3.63) is 86.6 Å². The van der Waals surface area contributed by atoms with Crippen LogP contribution in [-0.2, 0) is 47.8 Å². The molecule has 0 radical (unpaired) electrons. The van der Waals surface area contributed by atoms with E-state index in [1.165, 1.54) is 243 Å². The van der Waals surface area contributed by atoms with Crippen molar-refractivity contribution in [2.45, 2.75) is 315 Å². The zero-order valence-corrected chi connectivity index (χ0v) is 71.2. The van der Waals surface area contributed by atoms with Crippen LogP contribution < -0.4 is 10.6 Å². The molecule has 0 spiro atoms. The van der Waals surface area contributed by atoms with E-state index in [0.29, 0.717) is 70.1 Å². The van der Waals surface area contributed by atoms with Crippen LogP contribution in [-0.4, -0.2) is 107 Å². The van der Waals surface area contributed by atoms with Gasteiger partial charge in [-0.1, -0.05) is 71.7 Å². The zero-order chi connectivity index (χ0) is 80.2. The predicted octanol–water partition coefficient (Wildman–Crippen LogP) is 19.5. The molecule has 0 aromatic rings. The Hall–Kier alpha value is -5.53. The van der Waals surface area contributed by atoms with Crippen LogP contribution in [0, 0.1) is 166 Å². The molecule has 114 heavy (non-hydrogen) atoms. The van der Waals surface area contributed by atoms with Crippen molar-refractivity contribution in [1.29, 1.82) is 0 Å². The highest BCUT2D eigenvalue weighted by Crippen LogP contribution is 2.63. The van der Waals surface area contributed by atoms with E-state index in [4.69, 9.17) is 14.2 Å². The Bertz CT molecular complexity index is 3390. The van der Waals surface area contributed by atoms with Crippen LogP contribution in [0.25, 0.3) is 0 Å². The van der Waals surface area contributed by atoms with Gasteiger partial charge in [0.25, 0.3) is 0 Å². The van der Waals surface area contributed by atoms with E-state index in [1.54, 1.807) is 20.8 Å². The molecule has 26 saturated carbocycles. The summed E-state index contributed by atoms with van der Waals surface area (Å²) in [4.78, 5) is 85.8. The lowest BCUT2D eigenvalue weighted by molar-refractivity contribution is -0.166. The number of carbonyl (C=O) groups is 7. The first-order chi connectivity index (χ1) is 54.8. The van der Waals surface area contributed by atoms with Crippen molar-refractivity contribution in [3.8, 4) is 0 Å². The van der Waals surface area contributed by atoms with Gasteiger partial charge in [0.2, 0.25) is 23.6 Å². The number of ether oxygens (including phenoxy) is 3. The summed E-state index contributed by atoms with van der Waals surface area (Å²) in [7, 11) is 1.97. The summed E-state index contributed by atoms with van der Waals surface area (Å²) in [5.41, 5.74) is 2.42. The van der Waals surface area contributed by atoms with Gasteiger partial charge in [-0.2, -0.15) is 0 Å². The first-order valence-electron chi connectivity index (χ1n) is 47.1. The molecule has 4 amide bonds. The number of fused-ring (bicyclic) bond motifs is 10. The molecule has 26 rings (SSSR count). The maximum absolute atomic E-state index is 12.3. The molecule has 628 valence electrons. The van der Waals surface area contributed by atoms with Crippen LogP contribution in [0.2, 0.25) is 0 Å². The molecule has 0 aliphatic heterocycles. The van der Waals surface area contributed by atoms with Crippen LogP contribution in [0.5, 0.6) is 0 Å². The highest BCUT2D eigenvalue weighted by Gasteiger charge is 2.58. The summed E-state index contributed by atoms with van der Waals surface area (Å²) in [6.07, 6.45) is 55.1. The second-order valence-corrected chi connectivity index (χ2v) is 42.7. The molecule has 0 aromatic carbocycles. The first kappa shape index (κ1) is 83.5. The Kier molecular flexibility index (Phi) is 26.2. The molecule has 10 atom stereocenters. The van der Waals surface area contributed by atoms with Gasteiger partial charge >= 0.3 is 17.9 Å². The molecule has 26 aliphatic carbocycles. The summed E-state index contributed by atoms with van der Waals surface area (Å²) in [6.45, 7) is 35.6. The fourth-order valence-corrected chi connectivity index (χ4v) is 32.1. The Balaban J connectivity index is 0.000000105. The third-order valence-corrected chi connectivity index (χ3v) is 35.3. The molecule has 24 bridgehead atoms. The van der Waals surface area contributed by atoms with E-state index >= 15 is 0 Å². The third kappa shape index (κ3) is 18.0. The number of carbonyl (C=O) groups excluding carboxylic acids is 7. The van der Waals surface area contributed by atoms with Gasteiger partial charge in [0, 0.05) is 66.1 Å². The van der Waals surface area contributed by atoms with Crippen LogP contribution >= 0.6 is 0 Å². The maximum atomic E-state index is 12.3. The third-order valence-electron chi connectivity index (χ3n) is 35.3. The van der Waals surface area contributed by atoms with Crippen LogP contribution in [0.15, 0.2) is 86.6 Å². The van der Waals surface area contributed by atoms with E-state index in [9.17, 15) is 33.6 Å². The minimum absolute atomic E-state index is 0.0208. The Labute approximate surface area is 686 Å². The van der Waals surface area contributed by atoms with Gasteiger partial charge in [0.15, 0.2) is 0 Å². The lowest BCUT2D eigenvalue weighted by Gasteiger charge is -2.57. The van der Waals surface area contributed by atoms with Gasteiger partial charge in [0.05, 0.1) is 0 Å². The average Bonchev–Trinajstić information content (AvgIpc) is 1.41. The highest BCUT2D eigenvalue weighted by atomic mass is 16.6. The van der Waals surface area contributed by atoms with Gasteiger partial charge in [-0.05, 0) is 424 Å². The summed E-state index contributed by atoms with van der Waals surface area (Å²) >= 11 is 0. The molecule has 2 N–H and O–H groups in total. The normalized spacial score (nSPS) is 44.1. The Morgan fingerprint density at radius 1 is 0.351 bits per heavy atom. The van der Waals surface area contributed by atoms with Crippen molar-refractivity contribution in [2.24, 2.45) is 166 Å². The number of likely N-dealkylation sites (N-methyl/N-ethyl adjacent to an activating group) is 2. The summed E-state index contributed by atoms with van der Waals surface area (Å²) in [5, 5.41) is 6.38. The van der Waals surface area contributed by atoms with E-state index in [1.807, 2.05) is 18.9 Å². The lowest BCUT2D eigenvalue weighted by atomic mass is 9.54. The zero-order valence-electron chi connectivity index (χ0n) is 71.2. The molecule has 0 heterocycles. The molecule has 10 unspecified atom stereocenters. The second kappa shape index (κ2) is 35.8. The largest absolute Gasteiger partial charge is 0.459 e. The van der Waals surface area contributed by atoms with Crippen molar-refractivity contribution in [1.82, 2.24) is 20.4 Å². The monoisotopic (exact) mass is 1570 g/mol. The second-order valence-electron chi connectivity index (χ2n) is 42.7. The van der Waals surface area contributed by atoms with E-state index in [2.05, 4.69) is 68.5 Å². The lowest BCUT2D eigenvalue weighted by Crippen LogP contribution is -2.57. The minimum Gasteiger partial charge on any atom is -0.459 e. The molecule has 0 saturated heterocycles. The SMILES string of the molecule is C=C(C)C(=O)N(CC)C1C2CC3CC(C2)CC1C3.C=C(C)C(=O)NC1C2CC3CC(C2)CC1C3.C=C(C)C(=O)OC1C2CC3CC(C2)CC1C3.C=C(C)C(=O)OC1CC2CC1C1CCCCC21.C=CC(=O)N(C)C1C2CC3CC(C2)CC1C3.C=CC(=O)NC1C2CC3CC(C2)CC1C3.C=CC(=O)OC1CC2CC1C1CCCCC21. The number of hydrogen-bond acceptors (Lipinski definition) is 10. The molecule has 26 fully saturated rings. The van der Waals surface area contributed by atoms with Crippen LogP contribution in [0.3, 0.4) is 0 Å². The minimum atomic E-state index is -0.232. The van der Waals surface area contributed by atoms with E-state index < -0.39 is 0 Å². The fourth-order valence-electron chi connectivity index (χ4n) is 32.1. The van der Waals surface area contributed by atoms with Gasteiger partial charge in [0.1, 0.15) is 18.3 Å². The molecule has 26 aliphatic rings. The maximum Gasteiger partial charge on any atom is 0.333 e. The van der Waals surface area contributed by atoms with Gasteiger partial charge in [-0.3, -0.25) is 19.2 Å². The Morgan fingerprint density at radius 3 is 1.04 bits per heavy atom. The summed E-state index contributed by atoms with van der Waals surface area (Å²) in [6, 6.07) is 1.95. The van der Waals surface area contributed by atoms with Gasteiger partial charge < -0.3 is 34.6 Å². The quantitative estimate of drug-likeness (QED) is 0.0911. The summed E-state index contributed by atoms with van der Waals surface area (Å²) in [5.74, 6) is 23.6. The van der Waals surface area contributed by atoms with Gasteiger partial charge in [-0.25, -0.2) is 14.4 Å². The number of nitrogens with one attached hydrogen (secondary N) is 2. The number of amides is 4. The van der Waals surface area contributed by atoms with Crippen LogP contribution in [0.1, 0.15) is 272 Å². The number of nitrogens with zero attached hydrogens (tertiary/aromatic N) is 2. The first-order valence-corrected chi connectivity index (χ1v) is 47.1. The van der Waals surface area contributed by atoms with Crippen molar-refractivity contribution >= 4 is 41.5 Å². The molecular weight excluding hydrogens is 1420 g/mol. The molecule has 14 nitrogen and oxygen atoms in total. The number of rotatable bonds is 15. The van der Waals surface area contributed by atoms with E-state index in [-0.39, 0.29) is 59.8 Å². The van der Waals surface area contributed by atoms with Crippen LogP contribution in [0.4, 0.5) is 0 Å².